The number of aromatic nitrogens is 1. The van der Waals surface area contributed by atoms with Crippen molar-refractivity contribution in [3.63, 3.8) is 0 Å². The first-order valence-corrected chi connectivity index (χ1v) is 10.3. The van der Waals surface area contributed by atoms with Crippen LogP contribution in [-0.2, 0) is 14.8 Å². The van der Waals surface area contributed by atoms with Crippen molar-refractivity contribution >= 4 is 21.3 Å². The average molecular weight is 433 g/mol. The number of benzene rings is 1. The number of nitrogens with two attached hydrogens (primary N) is 2. The van der Waals surface area contributed by atoms with E-state index in [-0.39, 0.29) is 23.9 Å². The summed E-state index contributed by atoms with van der Waals surface area (Å²) in [6, 6.07) is 7.58. The van der Waals surface area contributed by atoms with Gasteiger partial charge in [-0.1, -0.05) is 17.3 Å². The molecule has 1 aromatic heterocycles. The van der Waals surface area contributed by atoms with Crippen LogP contribution in [0.3, 0.4) is 0 Å². The van der Waals surface area contributed by atoms with Gasteiger partial charge in [-0.3, -0.25) is 4.99 Å². The molecule has 0 saturated heterocycles. The third-order valence-corrected chi connectivity index (χ3v) is 5.10. The average Bonchev–Trinajstić information content (AvgIpc) is 3.21. The molecule has 0 saturated carbocycles. The van der Waals surface area contributed by atoms with Gasteiger partial charge in [-0.15, -0.1) is 0 Å². The van der Waals surface area contributed by atoms with E-state index in [1.165, 1.54) is 30.5 Å². The van der Waals surface area contributed by atoms with Gasteiger partial charge >= 0.3 is 0 Å². The van der Waals surface area contributed by atoms with Crippen molar-refractivity contribution in [2.75, 3.05) is 20.2 Å². The number of dihydropyridines is 1. The molecule has 11 heteroatoms. The number of allylic oxidation sites excluding steroid dienone is 2. The molecular formula is C19H20FN5O4S. The Hall–Kier alpha value is -3.44. The van der Waals surface area contributed by atoms with E-state index in [2.05, 4.69) is 15.5 Å². The van der Waals surface area contributed by atoms with E-state index < -0.39 is 10.0 Å². The molecule has 0 atom stereocenters. The lowest BCUT2D eigenvalue weighted by Crippen LogP contribution is -2.23. The van der Waals surface area contributed by atoms with Crippen LogP contribution in [0.1, 0.15) is 5.69 Å². The summed E-state index contributed by atoms with van der Waals surface area (Å²) in [6.45, 7) is 0.102. The molecule has 1 aliphatic heterocycles. The first-order valence-electron chi connectivity index (χ1n) is 8.73. The number of ether oxygens (including phenoxy) is 1. The Balaban J connectivity index is 1.80. The summed E-state index contributed by atoms with van der Waals surface area (Å²) in [5.74, 6) is 0.425. The molecular weight excluding hydrogens is 413 g/mol. The van der Waals surface area contributed by atoms with Gasteiger partial charge in [0.2, 0.25) is 10.0 Å². The number of hydrogen-bond acceptors (Lipinski definition) is 8. The van der Waals surface area contributed by atoms with E-state index in [1.54, 1.807) is 25.2 Å². The number of hydrogen-bond donors (Lipinski definition) is 3. The lowest BCUT2D eigenvalue weighted by Gasteiger charge is -2.15. The molecule has 0 radical (unpaired) electrons. The molecule has 0 aliphatic carbocycles. The number of primary sulfonamides is 1. The van der Waals surface area contributed by atoms with Crippen molar-refractivity contribution in [1.82, 2.24) is 10.5 Å². The Morgan fingerprint density at radius 2 is 2.20 bits per heavy atom. The lowest BCUT2D eigenvalue weighted by atomic mass is 10.1. The molecule has 3 rings (SSSR count). The number of nitrogens with one attached hydrogen (secondary N) is 1. The fourth-order valence-electron chi connectivity index (χ4n) is 2.66. The van der Waals surface area contributed by atoms with E-state index in [1.807, 2.05) is 0 Å². The van der Waals surface area contributed by atoms with Gasteiger partial charge in [-0.25, -0.2) is 17.9 Å². The lowest BCUT2D eigenvalue weighted by molar-refractivity contribution is 0.232. The number of halogens is 1. The maximum Gasteiger partial charge on any atom is 0.238 e. The van der Waals surface area contributed by atoms with Gasteiger partial charge in [0.05, 0.1) is 17.2 Å². The summed E-state index contributed by atoms with van der Waals surface area (Å²) in [4.78, 5) is 4.14. The molecule has 0 amide bonds. The Kier molecular flexibility index (Phi) is 6.33. The Bertz CT molecular complexity index is 1170. The topological polar surface area (TPSA) is 146 Å². The van der Waals surface area contributed by atoms with Crippen LogP contribution in [0.4, 0.5) is 4.39 Å². The van der Waals surface area contributed by atoms with Crippen molar-refractivity contribution in [3.05, 3.63) is 66.1 Å². The second-order valence-electron chi connectivity index (χ2n) is 6.19. The second-order valence-corrected chi connectivity index (χ2v) is 7.75. The van der Waals surface area contributed by atoms with E-state index in [9.17, 15) is 12.8 Å². The highest BCUT2D eigenvalue weighted by Crippen LogP contribution is 2.26. The summed E-state index contributed by atoms with van der Waals surface area (Å²) in [6.07, 6.45) is 4.11. The normalized spacial score (nSPS) is 15.3. The molecule has 0 unspecified atom stereocenters. The highest BCUT2D eigenvalue weighted by Gasteiger charge is 2.18. The highest BCUT2D eigenvalue weighted by molar-refractivity contribution is 7.89. The van der Waals surface area contributed by atoms with Crippen LogP contribution in [0.25, 0.3) is 16.9 Å². The SMILES string of the molecule is CN=C(COC1=CC=C(F)CN1)C(=CN)c1cc(-c2cccc(S(N)(=O)=O)c2)on1. The first-order chi connectivity index (χ1) is 14.3. The van der Waals surface area contributed by atoms with Gasteiger partial charge in [-0.05, 0) is 18.2 Å². The maximum absolute atomic E-state index is 13.0. The number of nitrogens with zero attached hydrogens (tertiary/aromatic N) is 2. The van der Waals surface area contributed by atoms with Crippen molar-refractivity contribution in [2.45, 2.75) is 4.90 Å². The van der Waals surface area contributed by atoms with Gasteiger partial charge in [0.1, 0.15) is 18.1 Å². The van der Waals surface area contributed by atoms with Crippen molar-refractivity contribution in [1.29, 1.82) is 0 Å². The van der Waals surface area contributed by atoms with Gasteiger partial charge in [0, 0.05) is 36.5 Å². The standard InChI is InChI=1S/C19H20FN5O4S/c1-23-17(11-28-19-6-5-13(20)10-24-19)15(9-21)16-8-18(29-25-16)12-3-2-4-14(7-12)30(22,26)27/h2-9,24H,10-11,21H2,1H3,(H2,22,26,27). The van der Waals surface area contributed by atoms with Crippen molar-refractivity contribution < 1.29 is 22.1 Å². The van der Waals surface area contributed by atoms with Crippen LogP contribution in [0.5, 0.6) is 0 Å². The molecule has 1 aromatic carbocycles. The number of aliphatic imine (C=N–C) groups is 1. The van der Waals surface area contributed by atoms with Gasteiger partial charge in [0.25, 0.3) is 0 Å². The molecule has 0 spiro atoms. The van der Waals surface area contributed by atoms with Crippen LogP contribution >= 0.6 is 0 Å². The molecule has 5 N–H and O–H groups in total. The summed E-state index contributed by atoms with van der Waals surface area (Å²) in [5.41, 5.74) is 7.58. The quantitative estimate of drug-likeness (QED) is 0.563. The third kappa shape index (κ3) is 4.93. The predicted molar refractivity (Wildman–Crippen MR) is 110 cm³/mol. The zero-order valence-electron chi connectivity index (χ0n) is 16.0. The summed E-state index contributed by atoms with van der Waals surface area (Å²) >= 11 is 0. The van der Waals surface area contributed by atoms with Crippen molar-refractivity contribution in [3.8, 4) is 11.3 Å². The largest absolute Gasteiger partial charge is 0.473 e. The monoisotopic (exact) mass is 433 g/mol. The predicted octanol–water partition coefficient (Wildman–Crippen LogP) is 1.67. The van der Waals surface area contributed by atoms with Gasteiger partial charge in [0.15, 0.2) is 11.6 Å². The number of sulfonamides is 1. The first kappa shape index (κ1) is 21.3. The Morgan fingerprint density at radius 3 is 2.83 bits per heavy atom. The Morgan fingerprint density at radius 1 is 1.40 bits per heavy atom. The minimum atomic E-state index is -3.85. The van der Waals surface area contributed by atoms with Crippen molar-refractivity contribution in [2.24, 2.45) is 15.9 Å². The van der Waals surface area contributed by atoms with E-state index >= 15 is 0 Å². The van der Waals surface area contributed by atoms with Crippen LogP contribution in [-0.4, -0.2) is 39.5 Å². The van der Waals surface area contributed by atoms with Crippen LogP contribution in [0.15, 0.2) is 74.8 Å². The molecule has 2 heterocycles. The maximum atomic E-state index is 13.0. The zero-order valence-corrected chi connectivity index (χ0v) is 16.8. The van der Waals surface area contributed by atoms with Crippen LogP contribution < -0.4 is 16.2 Å². The molecule has 2 aromatic rings. The molecule has 158 valence electrons. The van der Waals surface area contributed by atoms with Gasteiger partial charge in [-0.2, -0.15) is 0 Å². The molecule has 30 heavy (non-hydrogen) atoms. The molecule has 0 bridgehead atoms. The fourth-order valence-corrected chi connectivity index (χ4v) is 3.22. The smallest absolute Gasteiger partial charge is 0.238 e. The van der Waals surface area contributed by atoms with E-state index in [4.69, 9.17) is 20.1 Å². The summed E-state index contributed by atoms with van der Waals surface area (Å²) in [5, 5.41) is 12.0. The fraction of sp³-hybridized carbons (Fsp3) is 0.158. The van der Waals surface area contributed by atoms with Crippen LogP contribution in [0.2, 0.25) is 0 Å². The zero-order chi connectivity index (χ0) is 21.7. The minimum Gasteiger partial charge on any atom is -0.473 e. The van der Waals surface area contributed by atoms with E-state index in [0.29, 0.717) is 34.2 Å². The second kappa shape index (κ2) is 8.93. The van der Waals surface area contributed by atoms with Crippen LogP contribution in [0, 0.1) is 0 Å². The minimum absolute atomic E-state index is 0.0458. The molecule has 0 fully saturated rings. The summed E-state index contributed by atoms with van der Waals surface area (Å²) in [7, 11) is -2.28. The molecule has 9 nitrogen and oxygen atoms in total. The Labute approximate surface area is 172 Å². The molecule has 1 aliphatic rings. The highest BCUT2D eigenvalue weighted by atomic mass is 32.2. The van der Waals surface area contributed by atoms with E-state index in [0.717, 1.165) is 0 Å². The summed E-state index contributed by atoms with van der Waals surface area (Å²) < 4.78 is 47.1. The number of rotatable bonds is 7. The van der Waals surface area contributed by atoms with Gasteiger partial charge < -0.3 is 20.3 Å². The third-order valence-electron chi connectivity index (χ3n) is 4.19.